The van der Waals surface area contributed by atoms with Crippen LogP contribution in [0.1, 0.15) is 16.8 Å². The van der Waals surface area contributed by atoms with Crippen LogP contribution in [0.5, 0.6) is 5.75 Å². The normalized spacial score (nSPS) is 11.1. The van der Waals surface area contributed by atoms with Crippen LogP contribution in [0.3, 0.4) is 0 Å². The third kappa shape index (κ3) is 5.06. The molecule has 2 aromatic rings. The average molecular weight is 351 g/mol. The third-order valence-electron chi connectivity index (χ3n) is 3.25. The molecule has 0 aromatic heterocycles. The van der Waals surface area contributed by atoms with E-state index in [4.69, 9.17) is 4.74 Å². The lowest BCUT2D eigenvalue weighted by atomic mass is 10.2. The smallest absolute Gasteiger partial charge is 0.251 e. The minimum absolute atomic E-state index is 0.164. The Morgan fingerprint density at radius 3 is 2.42 bits per heavy atom. The molecule has 0 aliphatic heterocycles. The number of halogens is 1. The van der Waals surface area contributed by atoms with Crippen LogP contribution in [0.15, 0.2) is 53.4 Å². The fourth-order valence-electron chi connectivity index (χ4n) is 1.97. The standard InChI is InChI=1S/C17H18FNO4S/c1-24(21,22)14-9-7-13(8-10-14)17(20)19-11-4-12-23-16-6-3-2-5-15(16)18/h2-3,5-10H,4,11-12H2,1H3,(H,19,20). The van der Waals surface area contributed by atoms with Gasteiger partial charge in [0.15, 0.2) is 21.4 Å². The number of para-hydroxylation sites is 1. The van der Waals surface area contributed by atoms with E-state index < -0.39 is 15.7 Å². The predicted molar refractivity (Wildman–Crippen MR) is 88.4 cm³/mol. The molecular formula is C17H18FNO4S. The van der Waals surface area contributed by atoms with Crippen molar-refractivity contribution in [3.05, 3.63) is 59.9 Å². The number of carbonyl (C=O) groups excluding carboxylic acids is 1. The van der Waals surface area contributed by atoms with Gasteiger partial charge in [0.25, 0.3) is 5.91 Å². The highest BCUT2D eigenvalue weighted by molar-refractivity contribution is 7.90. The Labute approximate surface area is 140 Å². The molecule has 1 N–H and O–H groups in total. The highest BCUT2D eigenvalue weighted by atomic mass is 32.2. The Hall–Kier alpha value is -2.41. The molecule has 5 nitrogen and oxygen atoms in total. The summed E-state index contributed by atoms with van der Waals surface area (Å²) in [6.07, 6.45) is 1.62. The molecule has 0 aliphatic rings. The van der Waals surface area contributed by atoms with Gasteiger partial charge in [-0.3, -0.25) is 4.79 Å². The molecule has 0 radical (unpaired) electrons. The second kappa shape index (κ2) is 7.92. The molecule has 0 saturated heterocycles. The van der Waals surface area contributed by atoms with Gasteiger partial charge in [0, 0.05) is 18.4 Å². The second-order valence-electron chi connectivity index (χ2n) is 5.18. The van der Waals surface area contributed by atoms with E-state index in [2.05, 4.69) is 5.32 Å². The fourth-order valence-corrected chi connectivity index (χ4v) is 2.60. The number of sulfone groups is 1. The zero-order valence-electron chi connectivity index (χ0n) is 13.2. The van der Waals surface area contributed by atoms with Crippen molar-refractivity contribution < 1.29 is 22.3 Å². The number of rotatable bonds is 7. The van der Waals surface area contributed by atoms with E-state index in [1.165, 1.54) is 36.4 Å². The first-order chi connectivity index (χ1) is 11.4. The SMILES string of the molecule is CS(=O)(=O)c1ccc(C(=O)NCCCOc2ccccc2F)cc1. The molecule has 24 heavy (non-hydrogen) atoms. The van der Waals surface area contributed by atoms with E-state index in [1.54, 1.807) is 12.1 Å². The number of hydrogen-bond acceptors (Lipinski definition) is 4. The van der Waals surface area contributed by atoms with Crippen molar-refractivity contribution in [3.63, 3.8) is 0 Å². The van der Waals surface area contributed by atoms with Gasteiger partial charge >= 0.3 is 0 Å². The maximum absolute atomic E-state index is 13.3. The number of ether oxygens (including phenoxy) is 1. The Kier molecular flexibility index (Phi) is 5.92. The van der Waals surface area contributed by atoms with Crippen LogP contribution in [0.2, 0.25) is 0 Å². The topological polar surface area (TPSA) is 72.5 Å². The number of carbonyl (C=O) groups is 1. The van der Waals surface area contributed by atoms with E-state index in [1.807, 2.05) is 0 Å². The van der Waals surface area contributed by atoms with Crippen LogP contribution in [-0.4, -0.2) is 33.7 Å². The lowest BCUT2D eigenvalue weighted by Crippen LogP contribution is -2.25. The number of amides is 1. The highest BCUT2D eigenvalue weighted by Gasteiger charge is 2.09. The van der Waals surface area contributed by atoms with Crippen molar-refractivity contribution in [2.75, 3.05) is 19.4 Å². The van der Waals surface area contributed by atoms with Gasteiger partial charge in [0.2, 0.25) is 0 Å². The molecule has 7 heteroatoms. The molecule has 0 fully saturated rings. The molecule has 128 valence electrons. The molecule has 0 aliphatic carbocycles. The zero-order valence-corrected chi connectivity index (χ0v) is 14.0. The molecule has 2 rings (SSSR count). The van der Waals surface area contributed by atoms with Gasteiger partial charge in [0.1, 0.15) is 0 Å². The number of nitrogens with one attached hydrogen (secondary N) is 1. The second-order valence-corrected chi connectivity index (χ2v) is 7.20. The molecule has 0 spiro atoms. The van der Waals surface area contributed by atoms with Gasteiger partial charge in [-0.15, -0.1) is 0 Å². The molecule has 0 atom stereocenters. The molecular weight excluding hydrogens is 333 g/mol. The van der Waals surface area contributed by atoms with Crippen LogP contribution in [0, 0.1) is 5.82 Å². The largest absolute Gasteiger partial charge is 0.490 e. The van der Waals surface area contributed by atoms with E-state index in [-0.39, 0.29) is 23.2 Å². The summed E-state index contributed by atoms with van der Waals surface area (Å²) in [5.74, 6) is -0.548. The first-order valence-corrected chi connectivity index (χ1v) is 9.23. The van der Waals surface area contributed by atoms with Gasteiger partial charge in [-0.1, -0.05) is 12.1 Å². The molecule has 0 heterocycles. The lowest BCUT2D eigenvalue weighted by molar-refractivity contribution is 0.0951. The summed E-state index contributed by atoms with van der Waals surface area (Å²) in [4.78, 5) is 12.1. The minimum atomic E-state index is -3.28. The van der Waals surface area contributed by atoms with Crippen molar-refractivity contribution in [2.24, 2.45) is 0 Å². The van der Waals surface area contributed by atoms with E-state index in [9.17, 15) is 17.6 Å². The summed E-state index contributed by atoms with van der Waals surface area (Å²) >= 11 is 0. The van der Waals surface area contributed by atoms with E-state index in [0.717, 1.165) is 6.26 Å². The maximum Gasteiger partial charge on any atom is 0.251 e. The first-order valence-electron chi connectivity index (χ1n) is 7.33. The van der Waals surface area contributed by atoms with Crippen molar-refractivity contribution in [3.8, 4) is 5.75 Å². The Balaban J connectivity index is 1.76. The fraction of sp³-hybridized carbons (Fsp3) is 0.235. The average Bonchev–Trinajstić information content (AvgIpc) is 2.55. The molecule has 0 saturated carbocycles. The monoisotopic (exact) mass is 351 g/mol. The summed E-state index contributed by atoms with van der Waals surface area (Å²) in [6, 6.07) is 11.8. The summed E-state index contributed by atoms with van der Waals surface area (Å²) in [5, 5.41) is 2.70. The van der Waals surface area contributed by atoms with Crippen LogP contribution >= 0.6 is 0 Å². The van der Waals surface area contributed by atoms with Gasteiger partial charge in [0.05, 0.1) is 11.5 Å². The summed E-state index contributed by atoms with van der Waals surface area (Å²) < 4.78 is 41.3. The van der Waals surface area contributed by atoms with Gasteiger partial charge in [-0.25, -0.2) is 12.8 Å². The van der Waals surface area contributed by atoms with E-state index >= 15 is 0 Å². The van der Waals surface area contributed by atoms with Crippen LogP contribution in [0.4, 0.5) is 4.39 Å². The third-order valence-corrected chi connectivity index (χ3v) is 4.37. The summed E-state index contributed by atoms with van der Waals surface area (Å²) in [5.41, 5.74) is 0.373. The van der Waals surface area contributed by atoms with Crippen molar-refractivity contribution in [2.45, 2.75) is 11.3 Å². The van der Waals surface area contributed by atoms with Crippen LogP contribution in [-0.2, 0) is 9.84 Å². The van der Waals surface area contributed by atoms with Crippen molar-refractivity contribution >= 4 is 15.7 Å². The summed E-state index contributed by atoms with van der Waals surface area (Å²) in [6.45, 7) is 0.634. The van der Waals surface area contributed by atoms with E-state index in [0.29, 0.717) is 18.5 Å². The van der Waals surface area contributed by atoms with Gasteiger partial charge in [-0.2, -0.15) is 0 Å². The first kappa shape index (κ1) is 17.9. The summed E-state index contributed by atoms with van der Waals surface area (Å²) in [7, 11) is -3.28. The van der Waals surface area contributed by atoms with Crippen LogP contribution < -0.4 is 10.1 Å². The predicted octanol–water partition coefficient (Wildman–Crippen LogP) is 2.43. The zero-order chi connectivity index (χ0) is 17.6. The van der Waals surface area contributed by atoms with Crippen molar-refractivity contribution in [1.82, 2.24) is 5.32 Å². The van der Waals surface area contributed by atoms with Gasteiger partial charge < -0.3 is 10.1 Å². The molecule has 0 unspecified atom stereocenters. The van der Waals surface area contributed by atoms with Crippen LogP contribution in [0.25, 0.3) is 0 Å². The molecule has 1 amide bonds. The Morgan fingerprint density at radius 2 is 1.79 bits per heavy atom. The Bertz CT molecular complexity index is 804. The lowest BCUT2D eigenvalue weighted by Gasteiger charge is -2.08. The number of hydrogen-bond donors (Lipinski definition) is 1. The van der Waals surface area contributed by atoms with Gasteiger partial charge in [-0.05, 0) is 42.8 Å². The maximum atomic E-state index is 13.3. The minimum Gasteiger partial charge on any atom is -0.490 e. The highest BCUT2D eigenvalue weighted by Crippen LogP contribution is 2.15. The molecule has 0 bridgehead atoms. The Morgan fingerprint density at radius 1 is 1.12 bits per heavy atom. The number of benzene rings is 2. The quantitative estimate of drug-likeness (QED) is 0.778. The molecule has 2 aromatic carbocycles. The van der Waals surface area contributed by atoms with Crippen molar-refractivity contribution in [1.29, 1.82) is 0 Å².